The van der Waals surface area contributed by atoms with Crippen molar-refractivity contribution < 1.29 is 29.6 Å². The van der Waals surface area contributed by atoms with E-state index in [1.165, 1.54) is 205 Å². The predicted molar refractivity (Wildman–Crippen MR) is 305 cm³/mol. The molecule has 2 heteroatoms. The maximum absolute atomic E-state index is 2.35. The summed E-state index contributed by atoms with van der Waals surface area (Å²) in [6.07, 6.45) is 72.0. The minimum absolute atomic E-state index is 1.39. The fourth-order valence-electron chi connectivity index (χ4n) is 14.0. The first-order valence-electron chi connectivity index (χ1n) is 33.7. The molecule has 0 spiro atoms. The van der Waals surface area contributed by atoms with E-state index in [1.54, 1.807) is 143 Å². The Kier molecular flexibility index (Phi) is 61.8. The second-order valence-corrected chi connectivity index (χ2v) is 54.9. The molecule has 0 aliphatic heterocycles. The third-order valence-electron chi connectivity index (χ3n) is 18.8. The Morgan fingerprint density at radius 3 is 0.318 bits per heavy atom. The molecule has 0 aromatic rings. The van der Waals surface area contributed by atoms with E-state index in [0.29, 0.717) is 0 Å². The van der Waals surface area contributed by atoms with Gasteiger partial charge in [-0.2, -0.15) is 0 Å². The van der Waals surface area contributed by atoms with Crippen molar-refractivity contribution in [2.45, 2.75) is 404 Å². The Morgan fingerprint density at radius 2 is 0.212 bits per heavy atom. The van der Waals surface area contributed by atoms with Gasteiger partial charge in [-0.1, -0.05) is 0 Å². The van der Waals surface area contributed by atoms with Crippen LogP contribution < -0.4 is 0 Å². The standard InChI is InChI=1S/8C8H17.2Zn/c8*1-3-5-7-8-6-4-2;;/h8*1,3-8H2,2H3;;. The van der Waals surface area contributed by atoms with Gasteiger partial charge in [0.25, 0.3) is 0 Å². The molecule has 0 aromatic heterocycles. The fraction of sp³-hybridized carbons (Fsp3) is 1.00. The van der Waals surface area contributed by atoms with Crippen LogP contribution in [0, 0.1) is 0 Å². The first kappa shape index (κ1) is 69.3. The predicted octanol–water partition coefficient (Wildman–Crippen LogP) is 26.5. The molecule has 0 unspecified atom stereocenters. The van der Waals surface area contributed by atoms with Crippen molar-refractivity contribution in [3.63, 3.8) is 0 Å². The molecule has 0 rings (SSSR count). The summed E-state index contributed by atoms with van der Waals surface area (Å²) in [5.74, 6) is 0. The molecule has 396 valence electrons. The van der Waals surface area contributed by atoms with E-state index in [-0.39, 0.29) is 0 Å². The van der Waals surface area contributed by atoms with Gasteiger partial charge in [0.15, 0.2) is 0 Å². The van der Waals surface area contributed by atoms with Crippen LogP contribution in [0.4, 0.5) is 0 Å². The van der Waals surface area contributed by atoms with E-state index in [4.69, 9.17) is 0 Å². The van der Waals surface area contributed by atoms with Crippen molar-refractivity contribution in [3.8, 4) is 0 Å². The first-order chi connectivity index (χ1) is 32.5. The topological polar surface area (TPSA) is 0 Å². The molecule has 0 N–H and O–H groups in total. The van der Waals surface area contributed by atoms with Crippen LogP contribution >= 0.6 is 0 Å². The third-order valence-corrected chi connectivity index (χ3v) is 52.4. The molecule has 0 amide bonds. The van der Waals surface area contributed by atoms with Crippen LogP contribution in [0.25, 0.3) is 0 Å². The molecule has 0 fully saturated rings. The summed E-state index contributed by atoms with van der Waals surface area (Å²) < 4.78 is 0. The van der Waals surface area contributed by atoms with Crippen molar-refractivity contribution in [2.75, 3.05) is 0 Å². The van der Waals surface area contributed by atoms with E-state index in [0.717, 1.165) is 0 Å². The fourth-order valence-corrected chi connectivity index (χ4v) is 46.7. The van der Waals surface area contributed by atoms with Crippen LogP contribution in [0.1, 0.15) is 364 Å². The van der Waals surface area contributed by atoms with Gasteiger partial charge in [0.2, 0.25) is 0 Å². The zero-order valence-corrected chi connectivity index (χ0v) is 54.9. The van der Waals surface area contributed by atoms with E-state index < -0.39 is 29.6 Å². The summed E-state index contributed by atoms with van der Waals surface area (Å²) in [5.41, 5.74) is 0. The molecular formula is C64H136Zn2. The van der Waals surface area contributed by atoms with Crippen LogP contribution in [-0.4, -0.2) is 0 Å². The average Bonchev–Trinajstić information content (AvgIpc) is 3.33. The molecule has 0 bridgehead atoms. The molecule has 0 heterocycles. The molecule has 0 aliphatic rings. The van der Waals surface area contributed by atoms with Crippen molar-refractivity contribution in [3.05, 3.63) is 0 Å². The zero-order valence-electron chi connectivity index (χ0n) is 49.0. The van der Waals surface area contributed by atoms with Gasteiger partial charge in [-0.25, -0.2) is 0 Å². The quantitative estimate of drug-likeness (QED) is 0.0421. The number of unbranched alkanes of at least 4 members (excludes halogenated alkanes) is 40. The van der Waals surface area contributed by atoms with Gasteiger partial charge in [0, 0.05) is 0 Å². The third kappa shape index (κ3) is 50.2. The molecule has 0 nitrogen and oxygen atoms in total. The van der Waals surface area contributed by atoms with Crippen LogP contribution in [-0.2, 0) is 29.6 Å². The van der Waals surface area contributed by atoms with Crippen molar-refractivity contribution in [1.82, 2.24) is 0 Å². The summed E-state index contributed by atoms with van der Waals surface area (Å²) >= 11 is -4.16. The molecule has 0 aliphatic carbocycles. The molecule has 0 saturated heterocycles. The van der Waals surface area contributed by atoms with Gasteiger partial charge in [0.1, 0.15) is 0 Å². The second-order valence-electron chi connectivity index (χ2n) is 25.2. The second kappa shape index (κ2) is 58.8. The molecule has 0 aromatic carbocycles. The Labute approximate surface area is 430 Å². The monoisotopic (exact) mass is 1030 g/mol. The minimum atomic E-state index is -2.08. The van der Waals surface area contributed by atoms with Crippen molar-refractivity contribution in [2.24, 2.45) is 0 Å². The number of hydrogen-bond acceptors (Lipinski definition) is 0. The first-order valence-corrected chi connectivity index (χ1v) is 50.4. The van der Waals surface area contributed by atoms with Gasteiger partial charge < -0.3 is 0 Å². The van der Waals surface area contributed by atoms with E-state index >= 15 is 0 Å². The van der Waals surface area contributed by atoms with Crippen molar-refractivity contribution >= 4 is 0 Å². The summed E-state index contributed by atoms with van der Waals surface area (Å²) in [6, 6.07) is 0. The Balaban J connectivity index is 0. The average molecular weight is 1040 g/mol. The molecule has 66 heavy (non-hydrogen) atoms. The van der Waals surface area contributed by atoms with Gasteiger partial charge in [-0.3, -0.25) is 0 Å². The summed E-state index contributed by atoms with van der Waals surface area (Å²) in [5, 5.41) is 14.1. The van der Waals surface area contributed by atoms with Crippen LogP contribution in [0.3, 0.4) is 0 Å². The summed E-state index contributed by atoms with van der Waals surface area (Å²) in [7, 11) is 0. The Hall–Kier alpha value is 1.25. The molecule has 0 saturated carbocycles. The molecule has 0 radical (unpaired) electrons. The summed E-state index contributed by atoms with van der Waals surface area (Å²) in [4.78, 5) is 0. The van der Waals surface area contributed by atoms with Crippen LogP contribution in [0.15, 0.2) is 0 Å². The summed E-state index contributed by atoms with van der Waals surface area (Å²) in [6.45, 7) is 18.8. The zero-order chi connectivity index (χ0) is 48.6. The van der Waals surface area contributed by atoms with Gasteiger partial charge in [-0.15, -0.1) is 0 Å². The SMILES string of the molecule is CCCCCCC[CH2][Zn]([CH2]CCCCCCC)([CH2]CCCCCCC)[CH2]CCCCCCC.CCCCCCC[CH2][Zn]([CH2]CCCCCCC)([CH2]CCCCCCC)[CH2]CCCCCCC. The van der Waals surface area contributed by atoms with E-state index in [9.17, 15) is 0 Å². The van der Waals surface area contributed by atoms with Crippen LogP contribution in [0.5, 0.6) is 0 Å². The molecule has 0 atom stereocenters. The van der Waals surface area contributed by atoms with E-state index in [1.807, 2.05) is 0 Å². The number of rotatable bonds is 56. The van der Waals surface area contributed by atoms with Crippen LogP contribution in [0.2, 0.25) is 40.1 Å². The van der Waals surface area contributed by atoms with E-state index in [2.05, 4.69) is 55.4 Å². The van der Waals surface area contributed by atoms with Crippen molar-refractivity contribution in [1.29, 1.82) is 0 Å². The molecular weight excluding hydrogens is 899 g/mol. The maximum atomic E-state index is 2.35. The Bertz CT molecular complexity index is 630. The van der Waals surface area contributed by atoms with Gasteiger partial charge >= 0.3 is 433 Å². The normalized spacial score (nSPS) is 11.5. The van der Waals surface area contributed by atoms with Gasteiger partial charge in [0.05, 0.1) is 0 Å². The Morgan fingerprint density at radius 1 is 0.121 bits per heavy atom. The van der Waals surface area contributed by atoms with Gasteiger partial charge in [-0.05, 0) is 0 Å². The number of hydrogen-bond donors (Lipinski definition) is 0.